The number of carbonyl (C=O) groups is 2. The number of hydrogen-bond donors (Lipinski definition) is 2. The first kappa shape index (κ1) is 13.5. The lowest BCUT2D eigenvalue weighted by molar-refractivity contribution is -0.122. The van der Waals surface area contributed by atoms with Crippen LogP contribution in [0.2, 0.25) is 0 Å². The molecule has 1 aromatic heterocycles. The molecule has 1 heterocycles. The Bertz CT molecular complexity index is 467. The second-order valence-electron chi connectivity index (χ2n) is 4.96. The quantitative estimate of drug-likeness (QED) is 0.756. The van der Waals surface area contributed by atoms with Crippen molar-refractivity contribution < 1.29 is 14.7 Å². The number of aromatic carboxylic acids is 1. The van der Waals surface area contributed by atoms with Crippen LogP contribution in [0.1, 0.15) is 43.1 Å². The van der Waals surface area contributed by atoms with E-state index in [-0.39, 0.29) is 24.2 Å². The van der Waals surface area contributed by atoms with E-state index in [1.54, 1.807) is 0 Å². The van der Waals surface area contributed by atoms with Crippen molar-refractivity contribution in [3.63, 3.8) is 0 Å². The minimum atomic E-state index is -1.15. The molecule has 7 nitrogen and oxygen atoms in total. The van der Waals surface area contributed by atoms with E-state index in [4.69, 9.17) is 5.11 Å². The smallest absolute Gasteiger partial charge is 0.358 e. The summed E-state index contributed by atoms with van der Waals surface area (Å²) in [5.41, 5.74) is -0.155. The molecular formula is C12H18N4O3. The molecule has 1 fully saturated rings. The Morgan fingerprint density at radius 1 is 1.58 bits per heavy atom. The number of nitrogens with one attached hydrogen (secondary N) is 1. The second kappa shape index (κ2) is 5.81. The Morgan fingerprint density at radius 2 is 2.32 bits per heavy atom. The summed E-state index contributed by atoms with van der Waals surface area (Å²) in [7, 11) is 0. The normalized spacial score (nSPS) is 16.1. The molecule has 7 heteroatoms. The zero-order chi connectivity index (χ0) is 13.8. The molecule has 0 spiro atoms. The van der Waals surface area contributed by atoms with Gasteiger partial charge in [-0.3, -0.25) is 4.79 Å². The predicted octanol–water partition coefficient (Wildman–Crippen LogP) is 0.671. The fourth-order valence-corrected chi connectivity index (χ4v) is 1.98. The Hall–Kier alpha value is -1.92. The molecule has 0 aromatic carbocycles. The molecule has 1 amide bonds. The third-order valence-electron chi connectivity index (χ3n) is 3.24. The van der Waals surface area contributed by atoms with Crippen LogP contribution in [0, 0.1) is 5.92 Å². The van der Waals surface area contributed by atoms with Gasteiger partial charge in [0.25, 0.3) is 0 Å². The Morgan fingerprint density at radius 3 is 2.84 bits per heavy atom. The van der Waals surface area contributed by atoms with Gasteiger partial charge in [-0.15, -0.1) is 5.10 Å². The average molecular weight is 266 g/mol. The largest absolute Gasteiger partial charge is 0.476 e. The van der Waals surface area contributed by atoms with Crippen LogP contribution in [0.25, 0.3) is 0 Å². The molecule has 1 aliphatic carbocycles. The first-order valence-corrected chi connectivity index (χ1v) is 6.51. The summed E-state index contributed by atoms with van der Waals surface area (Å²) in [5, 5.41) is 18.7. The first-order chi connectivity index (χ1) is 9.08. The highest BCUT2D eigenvalue weighted by molar-refractivity contribution is 5.84. The summed E-state index contributed by atoms with van der Waals surface area (Å²) in [6, 6.07) is 0.197. The van der Waals surface area contributed by atoms with Gasteiger partial charge in [0.2, 0.25) is 5.91 Å². The number of aromatic nitrogens is 3. The highest BCUT2D eigenvalue weighted by atomic mass is 16.4. The highest BCUT2D eigenvalue weighted by Crippen LogP contribution is 2.33. The van der Waals surface area contributed by atoms with E-state index < -0.39 is 5.97 Å². The first-order valence-electron chi connectivity index (χ1n) is 6.51. The number of nitrogens with zero attached hydrogens (tertiary/aromatic N) is 3. The minimum Gasteiger partial charge on any atom is -0.476 e. The molecule has 1 aromatic rings. The zero-order valence-electron chi connectivity index (χ0n) is 10.9. The van der Waals surface area contributed by atoms with E-state index in [0.29, 0.717) is 0 Å². The number of carboxylic acids is 1. The topological polar surface area (TPSA) is 97.1 Å². The molecule has 2 rings (SSSR count). The van der Waals surface area contributed by atoms with Crippen LogP contribution in [0.4, 0.5) is 0 Å². The van der Waals surface area contributed by atoms with Crippen molar-refractivity contribution in [2.24, 2.45) is 5.92 Å². The van der Waals surface area contributed by atoms with Gasteiger partial charge in [-0.25, -0.2) is 9.48 Å². The van der Waals surface area contributed by atoms with Crippen LogP contribution in [-0.4, -0.2) is 38.0 Å². The fraction of sp³-hybridized carbons (Fsp3) is 0.667. The van der Waals surface area contributed by atoms with Gasteiger partial charge in [0.1, 0.15) is 6.54 Å². The fourth-order valence-electron chi connectivity index (χ4n) is 1.98. The van der Waals surface area contributed by atoms with Gasteiger partial charge in [-0.05, 0) is 18.8 Å². The van der Waals surface area contributed by atoms with Gasteiger partial charge in [0.05, 0.1) is 6.20 Å². The van der Waals surface area contributed by atoms with Gasteiger partial charge < -0.3 is 10.4 Å². The summed E-state index contributed by atoms with van der Waals surface area (Å²) >= 11 is 0. The molecule has 1 atom stereocenters. The maximum atomic E-state index is 11.8. The molecule has 0 radical (unpaired) electrons. The maximum absolute atomic E-state index is 11.8. The molecular weight excluding hydrogens is 248 g/mol. The van der Waals surface area contributed by atoms with Crippen LogP contribution in [0.3, 0.4) is 0 Å². The molecule has 19 heavy (non-hydrogen) atoms. The molecule has 0 saturated heterocycles. The van der Waals surface area contributed by atoms with Crippen molar-refractivity contribution in [1.82, 2.24) is 20.3 Å². The number of amides is 1. The molecule has 2 N–H and O–H groups in total. The van der Waals surface area contributed by atoms with Gasteiger partial charge in [-0.2, -0.15) is 0 Å². The summed E-state index contributed by atoms with van der Waals surface area (Å²) in [5.74, 6) is -0.545. The number of carbonyl (C=O) groups excluding carboxylic acids is 1. The summed E-state index contributed by atoms with van der Waals surface area (Å²) in [6.07, 6.45) is 5.71. The summed E-state index contributed by atoms with van der Waals surface area (Å²) in [6.45, 7) is 2.05. The molecule has 104 valence electrons. The monoisotopic (exact) mass is 266 g/mol. The lowest BCUT2D eigenvalue weighted by Crippen LogP contribution is -2.37. The average Bonchev–Trinajstić information content (AvgIpc) is 3.05. The summed E-state index contributed by atoms with van der Waals surface area (Å²) < 4.78 is 1.24. The summed E-state index contributed by atoms with van der Waals surface area (Å²) in [4.78, 5) is 22.5. The van der Waals surface area contributed by atoms with Gasteiger partial charge in [0, 0.05) is 6.04 Å². The highest BCUT2D eigenvalue weighted by Gasteiger charge is 2.25. The molecule has 0 bridgehead atoms. The number of rotatable bonds is 7. The predicted molar refractivity (Wildman–Crippen MR) is 66.5 cm³/mol. The van der Waals surface area contributed by atoms with E-state index in [0.717, 1.165) is 18.8 Å². The lowest BCUT2D eigenvalue weighted by Gasteiger charge is -2.16. The van der Waals surface area contributed by atoms with Crippen molar-refractivity contribution in [2.45, 2.75) is 45.2 Å². The van der Waals surface area contributed by atoms with E-state index in [9.17, 15) is 9.59 Å². The van der Waals surface area contributed by atoms with Crippen molar-refractivity contribution in [3.8, 4) is 0 Å². The number of hydrogen-bond acceptors (Lipinski definition) is 4. The SMILES string of the molecule is CCC(CC1CC1)NC(=O)Cn1cc(C(=O)O)nn1. The minimum absolute atomic E-state index is 0.00144. The van der Waals surface area contributed by atoms with Crippen LogP contribution >= 0.6 is 0 Å². The standard InChI is InChI=1S/C12H18N4O3/c1-2-9(5-8-3-4-8)13-11(17)7-16-6-10(12(18)19)14-15-16/h6,8-9H,2-5,7H2,1H3,(H,13,17)(H,18,19). The van der Waals surface area contributed by atoms with Crippen molar-refractivity contribution >= 4 is 11.9 Å². The van der Waals surface area contributed by atoms with Gasteiger partial charge in [0.15, 0.2) is 5.69 Å². The van der Waals surface area contributed by atoms with E-state index >= 15 is 0 Å². The van der Waals surface area contributed by atoms with Crippen molar-refractivity contribution in [3.05, 3.63) is 11.9 Å². The molecule has 1 unspecified atom stereocenters. The van der Waals surface area contributed by atoms with E-state index in [1.165, 1.54) is 23.7 Å². The van der Waals surface area contributed by atoms with Gasteiger partial charge >= 0.3 is 5.97 Å². The van der Waals surface area contributed by atoms with E-state index in [2.05, 4.69) is 15.6 Å². The Labute approximate surface area is 111 Å². The molecule has 1 saturated carbocycles. The zero-order valence-corrected chi connectivity index (χ0v) is 10.9. The second-order valence-corrected chi connectivity index (χ2v) is 4.96. The molecule has 1 aliphatic rings. The van der Waals surface area contributed by atoms with Crippen molar-refractivity contribution in [1.29, 1.82) is 0 Å². The van der Waals surface area contributed by atoms with Crippen LogP contribution in [-0.2, 0) is 11.3 Å². The maximum Gasteiger partial charge on any atom is 0.358 e. The third-order valence-corrected chi connectivity index (χ3v) is 3.24. The van der Waals surface area contributed by atoms with Gasteiger partial charge in [-0.1, -0.05) is 25.0 Å². The number of carboxylic acid groups (broad SMARTS) is 1. The molecule has 0 aliphatic heterocycles. The van der Waals surface area contributed by atoms with Crippen LogP contribution in [0.15, 0.2) is 6.20 Å². The van der Waals surface area contributed by atoms with Crippen LogP contribution in [0.5, 0.6) is 0 Å². The van der Waals surface area contributed by atoms with Crippen LogP contribution < -0.4 is 5.32 Å². The Balaban J connectivity index is 1.83. The van der Waals surface area contributed by atoms with E-state index in [1.807, 2.05) is 6.92 Å². The Kier molecular flexibility index (Phi) is 4.13. The lowest BCUT2D eigenvalue weighted by atomic mass is 10.1. The third kappa shape index (κ3) is 4.04. The van der Waals surface area contributed by atoms with Crippen molar-refractivity contribution in [2.75, 3.05) is 0 Å².